The minimum Gasteiger partial charge on any atom is -0.481 e. The number of carboxylic acid groups (broad SMARTS) is 1. The van der Waals surface area contributed by atoms with Crippen LogP contribution in [0.4, 0.5) is 0 Å². The Balaban J connectivity index is 2.54. The third kappa shape index (κ3) is 2.68. The number of rotatable bonds is 3. The zero-order chi connectivity index (χ0) is 14.2. The summed E-state index contributed by atoms with van der Waals surface area (Å²) in [6.45, 7) is 5.81. The van der Waals surface area contributed by atoms with Gasteiger partial charge in [0, 0.05) is 4.47 Å². The molecular formula is C13H14BrN3O2. The van der Waals surface area contributed by atoms with Crippen LogP contribution in [0.5, 0.6) is 0 Å². The topological polar surface area (TPSA) is 68.0 Å². The summed E-state index contributed by atoms with van der Waals surface area (Å²) in [6, 6.07) is 4.00. The van der Waals surface area contributed by atoms with E-state index in [4.69, 9.17) is 5.11 Å². The second-order valence-corrected chi connectivity index (χ2v) is 5.41. The van der Waals surface area contributed by atoms with Crippen LogP contribution in [0.1, 0.15) is 22.5 Å². The molecule has 0 atom stereocenters. The Hall–Kier alpha value is -1.69. The zero-order valence-electron chi connectivity index (χ0n) is 10.9. The molecule has 0 radical (unpaired) electrons. The van der Waals surface area contributed by atoms with Crippen LogP contribution in [0, 0.1) is 20.8 Å². The first-order valence-electron chi connectivity index (χ1n) is 5.80. The first kappa shape index (κ1) is 13.7. The lowest BCUT2D eigenvalue weighted by atomic mass is 10.1. The number of carbonyl (C=O) groups is 1. The number of hydrogen-bond acceptors (Lipinski definition) is 3. The van der Waals surface area contributed by atoms with Gasteiger partial charge in [0.25, 0.3) is 0 Å². The van der Waals surface area contributed by atoms with Crippen LogP contribution in [0.15, 0.2) is 16.6 Å². The lowest BCUT2D eigenvalue weighted by Crippen LogP contribution is -2.06. The maximum Gasteiger partial charge on any atom is 0.309 e. The van der Waals surface area contributed by atoms with Gasteiger partial charge in [-0.15, -0.1) is 5.10 Å². The van der Waals surface area contributed by atoms with Crippen molar-refractivity contribution in [2.75, 3.05) is 0 Å². The van der Waals surface area contributed by atoms with E-state index in [1.165, 1.54) is 0 Å². The number of nitrogens with zero attached hydrogens (tertiary/aromatic N) is 3. The predicted molar refractivity (Wildman–Crippen MR) is 74.6 cm³/mol. The van der Waals surface area contributed by atoms with Crippen molar-refractivity contribution in [2.24, 2.45) is 0 Å². The summed E-state index contributed by atoms with van der Waals surface area (Å²) in [7, 11) is 0. The fourth-order valence-electron chi connectivity index (χ4n) is 2.12. The van der Waals surface area contributed by atoms with Crippen molar-refractivity contribution in [3.05, 3.63) is 39.1 Å². The van der Waals surface area contributed by atoms with Crippen LogP contribution >= 0.6 is 15.9 Å². The number of aryl methyl sites for hydroxylation is 2. The van der Waals surface area contributed by atoms with E-state index in [1.807, 2.05) is 32.9 Å². The van der Waals surface area contributed by atoms with Crippen molar-refractivity contribution in [2.45, 2.75) is 27.2 Å². The van der Waals surface area contributed by atoms with Crippen molar-refractivity contribution >= 4 is 21.9 Å². The van der Waals surface area contributed by atoms with Crippen LogP contribution < -0.4 is 0 Å². The maximum absolute atomic E-state index is 10.8. The van der Waals surface area contributed by atoms with Gasteiger partial charge in [-0.3, -0.25) is 4.79 Å². The highest BCUT2D eigenvalue weighted by molar-refractivity contribution is 9.10. The first-order valence-corrected chi connectivity index (χ1v) is 6.59. The Morgan fingerprint density at radius 1 is 1.32 bits per heavy atom. The normalized spacial score (nSPS) is 10.7. The molecule has 0 saturated carbocycles. The molecule has 1 heterocycles. The van der Waals surface area contributed by atoms with Crippen LogP contribution in [-0.2, 0) is 11.2 Å². The van der Waals surface area contributed by atoms with Crippen molar-refractivity contribution in [1.29, 1.82) is 0 Å². The molecular weight excluding hydrogens is 310 g/mol. The maximum atomic E-state index is 10.8. The van der Waals surface area contributed by atoms with Crippen molar-refractivity contribution < 1.29 is 9.90 Å². The van der Waals surface area contributed by atoms with Gasteiger partial charge in [0.2, 0.25) is 0 Å². The number of benzene rings is 1. The fraction of sp³-hybridized carbons (Fsp3) is 0.308. The highest BCUT2D eigenvalue weighted by atomic mass is 79.9. The van der Waals surface area contributed by atoms with Crippen molar-refractivity contribution in [3.8, 4) is 5.69 Å². The number of carboxylic acids is 1. The summed E-state index contributed by atoms with van der Waals surface area (Å²) in [6.07, 6.45) is -0.111. The molecule has 5 nitrogen and oxygen atoms in total. The summed E-state index contributed by atoms with van der Waals surface area (Å²) in [4.78, 5) is 10.8. The summed E-state index contributed by atoms with van der Waals surface area (Å²) in [5.74, 6) is -0.903. The van der Waals surface area contributed by atoms with Gasteiger partial charge in [-0.25, -0.2) is 4.68 Å². The standard InChI is InChI=1S/C13H14BrN3O2/c1-7-4-10(14)5-8(2)13(7)17-9(3)11(15-16-17)6-12(18)19/h4-5H,6H2,1-3H3,(H,18,19). The summed E-state index contributed by atoms with van der Waals surface area (Å²) >= 11 is 3.45. The molecule has 0 amide bonds. The van der Waals surface area contributed by atoms with Crippen LogP contribution in [0.3, 0.4) is 0 Å². The Bertz CT molecular complexity index is 626. The van der Waals surface area contributed by atoms with Gasteiger partial charge in [0.05, 0.1) is 23.5 Å². The van der Waals surface area contributed by atoms with Crippen LogP contribution in [0.25, 0.3) is 5.69 Å². The molecule has 6 heteroatoms. The average molecular weight is 324 g/mol. The molecule has 0 fully saturated rings. The highest BCUT2D eigenvalue weighted by Crippen LogP contribution is 2.25. The number of hydrogen-bond donors (Lipinski definition) is 1. The second kappa shape index (κ2) is 5.13. The molecule has 19 heavy (non-hydrogen) atoms. The van der Waals surface area contributed by atoms with E-state index in [-0.39, 0.29) is 6.42 Å². The largest absolute Gasteiger partial charge is 0.481 e. The molecule has 0 unspecified atom stereocenters. The van der Waals surface area contributed by atoms with Crippen molar-refractivity contribution in [1.82, 2.24) is 15.0 Å². The van der Waals surface area contributed by atoms with E-state index in [1.54, 1.807) is 4.68 Å². The molecule has 1 aromatic heterocycles. The fourth-order valence-corrected chi connectivity index (χ4v) is 2.80. The van der Waals surface area contributed by atoms with Crippen LogP contribution in [-0.4, -0.2) is 26.1 Å². The summed E-state index contributed by atoms with van der Waals surface area (Å²) < 4.78 is 2.71. The smallest absolute Gasteiger partial charge is 0.309 e. The van der Waals surface area contributed by atoms with Gasteiger partial charge < -0.3 is 5.11 Å². The number of aromatic nitrogens is 3. The molecule has 0 spiro atoms. The van der Waals surface area contributed by atoms with E-state index < -0.39 is 5.97 Å². The van der Waals surface area contributed by atoms with Gasteiger partial charge in [0.1, 0.15) is 0 Å². The SMILES string of the molecule is Cc1cc(Br)cc(C)c1-n1nnc(CC(=O)O)c1C. The summed E-state index contributed by atoms with van der Waals surface area (Å²) in [5.41, 5.74) is 4.32. The molecule has 0 bridgehead atoms. The molecule has 2 aromatic rings. The second-order valence-electron chi connectivity index (χ2n) is 4.49. The zero-order valence-corrected chi connectivity index (χ0v) is 12.5. The van der Waals surface area contributed by atoms with Gasteiger partial charge in [-0.2, -0.15) is 0 Å². The molecule has 2 rings (SSSR count). The third-order valence-corrected chi connectivity index (χ3v) is 3.43. The lowest BCUT2D eigenvalue weighted by Gasteiger charge is -2.11. The Kier molecular flexibility index (Phi) is 3.71. The Morgan fingerprint density at radius 3 is 2.42 bits per heavy atom. The van der Waals surface area contributed by atoms with Crippen molar-refractivity contribution in [3.63, 3.8) is 0 Å². The van der Waals surface area contributed by atoms with E-state index >= 15 is 0 Å². The van der Waals surface area contributed by atoms with Gasteiger partial charge >= 0.3 is 5.97 Å². The predicted octanol–water partition coefficient (Wildman–Crippen LogP) is 2.58. The minimum atomic E-state index is -0.903. The Labute approximate surface area is 119 Å². The number of halogens is 1. The van der Waals surface area contributed by atoms with Gasteiger partial charge in [0.15, 0.2) is 0 Å². The highest BCUT2D eigenvalue weighted by Gasteiger charge is 2.16. The molecule has 1 aromatic carbocycles. The molecule has 100 valence electrons. The molecule has 1 N–H and O–H groups in total. The monoisotopic (exact) mass is 323 g/mol. The third-order valence-electron chi connectivity index (χ3n) is 2.98. The van der Waals surface area contributed by atoms with Gasteiger partial charge in [-0.05, 0) is 44.0 Å². The van der Waals surface area contributed by atoms with E-state index in [0.717, 1.165) is 27.0 Å². The Morgan fingerprint density at radius 2 is 1.89 bits per heavy atom. The van der Waals surface area contributed by atoms with Gasteiger partial charge in [-0.1, -0.05) is 21.1 Å². The van der Waals surface area contributed by atoms with E-state index in [9.17, 15) is 4.79 Å². The minimum absolute atomic E-state index is 0.111. The molecule has 0 aliphatic rings. The first-order chi connectivity index (χ1) is 8.90. The molecule has 0 aliphatic carbocycles. The quantitative estimate of drug-likeness (QED) is 0.942. The van der Waals surface area contributed by atoms with Crippen LogP contribution in [0.2, 0.25) is 0 Å². The molecule has 0 saturated heterocycles. The number of aliphatic carboxylic acids is 1. The van der Waals surface area contributed by atoms with E-state index in [2.05, 4.69) is 26.2 Å². The average Bonchev–Trinajstić information content (AvgIpc) is 2.60. The van der Waals surface area contributed by atoms with E-state index in [0.29, 0.717) is 5.69 Å². The molecule has 0 aliphatic heterocycles. The summed E-state index contributed by atoms with van der Waals surface area (Å²) in [5, 5.41) is 16.9. The lowest BCUT2D eigenvalue weighted by molar-refractivity contribution is -0.136.